The summed E-state index contributed by atoms with van der Waals surface area (Å²) < 4.78 is 0. The molecule has 2 heterocycles. The van der Waals surface area contributed by atoms with Crippen molar-refractivity contribution < 1.29 is 0 Å². The lowest BCUT2D eigenvalue weighted by atomic mass is 10.3. The van der Waals surface area contributed by atoms with Gasteiger partial charge in [-0.25, -0.2) is 0 Å². The Morgan fingerprint density at radius 3 is 3.00 bits per heavy atom. The molecule has 0 spiro atoms. The van der Waals surface area contributed by atoms with Crippen molar-refractivity contribution in [3.05, 3.63) is 21.9 Å². The third-order valence-corrected chi connectivity index (χ3v) is 5.39. The van der Waals surface area contributed by atoms with Crippen LogP contribution in [0.15, 0.2) is 12.1 Å². The van der Waals surface area contributed by atoms with Gasteiger partial charge in [0, 0.05) is 46.9 Å². The predicted octanol–water partition coefficient (Wildman–Crippen LogP) is 2.79. The summed E-state index contributed by atoms with van der Waals surface area (Å²) in [5, 5.41) is 3.38. The number of rotatable bonds is 5. The minimum atomic E-state index is 0.730. The van der Waals surface area contributed by atoms with Crippen molar-refractivity contribution in [2.45, 2.75) is 33.0 Å². The number of hydrogen-bond acceptors (Lipinski definition) is 4. The fourth-order valence-corrected chi connectivity index (χ4v) is 4.14. The van der Waals surface area contributed by atoms with Gasteiger partial charge in [0.05, 0.1) is 0 Å². The highest BCUT2D eigenvalue weighted by molar-refractivity contribution is 7.99. The minimum Gasteiger partial charge on any atom is -0.312 e. The number of thioether (sulfide) groups is 1. The Morgan fingerprint density at radius 1 is 1.41 bits per heavy atom. The van der Waals surface area contributed by atoms with Crippen molar-refractivity contribution >= 4 is 23.1 Å². The predicted molar refractivity (Wildman–Crippen MR) is 78.9 cm³/mol. The lowest BCUT2D eigenvalue weighted by Gasteiger charge is -2.32. The van der Waals surface area contributed by atoms with E-state index in [1.165, 1.54) is 27.8 Å². The molecule has 96 valence electrons. The first-order valence-electron chi connectivity index (χ1n) is 6.39. The van der Waals surface area contributed by atoms with Crippen LogP contribution in [0.1, 0.15) is 23.6 Å². The number of hydrogen-bond donors (Lipinski definition) is 1. The second-order valence-corrected chi connectivity index (χ2v) is 6.95. The third-order valence-electron chi connectivity index (χ3n) is 3.13. The molecular formula is C13H22N2S2. The molecular weight excluding hydrogens is 248 g/mol. The van der Waals surface area contributed by atoms with Gasteiger partial charge in [-0.05, 0) is 25.6 Å². The Kier molecular flexibility index (Phi) is 5.35. The van der Waals surface area contributed by atoms with Crippen LogP contribution >= 0.6 is 23.1 Å². The molecule has 2 nitrogen and oxygen atoms in total. The van der Waals surface area contributed by atoms with E-state index in [9.17, 15) is 0 Å². The summed E-state index contributed by atoms with van der Waals surface area (Å²) in [6.45, 7) is 8.95. The van der Waals surface area contributed by atoms with Gasteiger partial charge in [-0.15, -0.1) is 11.3 Å². The van der Waals surface area contributed by atoms with Crippen LogP contribution in [0.5, 0.6) is 0 Å². The van der Waals surface area contributed by atoms with E-state index in [-0.39, 0.29) is 0 Å². The summed E-state index contributed by atoms with van der Waals surface area (Å²) in [7, 11) is 0. The Hall–Kier alpha value is -0.0300. The zero-order chi connectivity index (χ0) is 12.1. The van der Waals surface area contributed by atoms with Crippen molar-refractivity contribution in [2.24, 2.45) is 0 Å². The Balaban J connectivity index is 1.87. The quantitative estimate of drug-likeness (QED) is 0.886. The molecule has 1 aromatic rings. The normalized spacial score (nSPS) is 21.9. The maximum absolute atomic E-state index is 3.38. The molecule has 1 fully saturated rings. The smallest absolute Gasteiger partial charge is 0.0331 e. The molecule has 0 aliphatic carbocycles. The Morgan fingerprint density at radius 2 is 2.24 bits per heavy atom. The standard InChI is InChI=1S/C13H22N2S2/c1-3-14-8-12-4-5-13(17-12)9-15-6-7-16-10-11(15)2/h4-5,11,14H,3,6-10H2,1-2H3. The third kappa shape index (κ3) is 3.98. The molecule has 1 saturated heterocycles. The highest BCUT2D eigenvalue weighted by Gasteiger charge is 2.18. The van der Waals surface area contributed by atoms with Gasteiger partial charge in [-0.1, -0.05) is 6.92 Å². The Labute approximate surface area is 113 Å². The van der Waals surface area contributed by atoms with Crippen molar-refractivity contribution in [3.8, 4) is 0 Å². The van der Waals surface area contributed by atoms with E-state index in [2.05, 4.69) is 48.0 Å². The monoisotopic (exact) mass is 270 g/mol. The summed E-state index contributed by atoms with van der Waals surface area (Å²) in [6.07, 6.45) is 0. The van der Waals surface area contributed by atoms with Gasteiger partial charge in [-0.2, -0.15) is 11.8 Å². The van der Waals surface area contributed by atoms with Gasteiger partial charge in [0.15, 0.2) is 0 Å². The van der Waals surface area contributed by atoms with Crippen LogP contribution < -0.4 is 5.32 Å². The van der Waals surface area contributed by atoms with Crippen molar-refractivity contribution in [3.63, 3.8) is 0 Å². The fraction of sp³-hybridized carbons (Fsp3) is 0.692. The molecule has 0 aromatic carbocycles. The minimum absolute atomic E-state index is 0.730. The molecule has 1 atom stereocenters. The van der Waals surface area contributed by atoms with Gasteiger partial charge < -0.3 is 5.32 Å². The zero-order valence-corrected chi connectivity index (χ0v) is 12.4. The number of nitrogens with zero attached hydrogens (tertiary/aromatic N) is 1. The summed E-state index contributed by atoms with van der Waals surface area (Å²) in [6, 6.07) is 5.30. The van der Waals surface area contributed by atoms with E-state index in [4.69, 9.17) is 0 Å². The van der Waals surface area contributed by atoms with Gasteiger partial charge in [-0.3, -0.25) is 4.90 Å². The first-order valence-corrected chi connectivity index (χ1v) is 8.37. The molecule has 4 heteroatoms. The molecule has 17 heavy (non-hydrogen) atoms. The zero-order valence-electron chi connectivity index (χ0n) is 10.7. The SMILES string of the molecule is CCNCc1ccc(CN2CCSCC2C)s1. The van der Waals surface area contributed by atoms with Gasteiger partial charge in [0.1, 0.15) is 0 Å². The van der Waals surface area contributed by atoms with Crippen LogP contribution in [0.3, 0.4) is 0 Å². The molecule has 0 amide bonds. The highest BCUT2D eigenvalue weighted by atomic mass is 32.2. The highest BCUT2D eigenvalue weighted by Crippen LogP contribution is 2.22. The first-order chi connectivity index (χ1) is 8.29. The van der Waals surface area contributed by atoms with Gasteiger partial charge in [0.2, 0.25) is 0 Å². The summed E-state index contributed by atoms with van der Waals surface area (Å²) in [4.78, 5) is 5.58. The second-order valence-electron chi connectivity index (χ2n) is 4.54. The molecule has 2 rings (SSSR count). The maximum Gasteiger partial charge on any atom is 0.0331 e. The van der Waals surface area contributed by atoms with Gasteiger partial charge in [0.25, 0.3) is 0 Å². The largest absolute Gasteiger partial charge is 0.312 e. The van der Waals surface area contributed by atoms with E-state index in [1.807, 2.05) is 11.3 Å². The second kappa shape index (κ2) is 6.78. The van der Waals surface area contributed by atoms with E-state index in [1.54, 1.807) is 0 Å². The molecule has 1 aromatic heterocycles. The topological polar surface area (TPSA) is 15.3 Å². The fourth-order valence-electron chi connectivity index (χ4n) is 2.05. The molecule has 1 unspecified atom stereocenters. The van der Waals surface area contributed by atoms with Crippen LogP contribution in [-0.2, 0) is 13.1 Å². The first kappa shape index (κ1) is 13.4. The average Bonchev–Trinajstić information content (AvgIpc) is 2.77. The Bertz CT molecular complexity index is 338. The summed E-state index contributed by atoms with van der Waals surface area (Å²) in [5.41, 5.74) is 0. The van der Waals surface area contributed by atoms with Crippen molar-refractivity contribution in [1.82, 2.24) is 10.2 Å². The van der Waals surface area contributed by atoms with Crippen molar-refractivity contribution in [2.75, 3.05) is 24.6 Å². The van der Waals surface area contributed by atoms with Crippen molar-refractivity contribution in [1.29, 1.82) is 0 Å². The van der Waals surface area contributed by atoms with Gasteiger partial charge >= 0.3 is 0 Å². The van der Waals surface area contributed by atoms with Crippen LogP contribution in [0, 0.1) is 0 Å². The molecule has 1 aliphatic rings. The van der Waals surface area contributed by atoms with E-state index < -0.39 is 0 Å². The number of nitrogens with one attached hydrogen (secondary N) is 1. The van der Waals surface area contributed by atoms with E-state index in [0.717, 1.165) is 25.7 Å². The molecule has 0 saturated carbocycles. The van der Waals surface area contributed by atoms with Crippen LogP contribution in [-0.4, -0.2) is 35.5 Å². The average molecular weight is 270 g/mol. The summed E-state index contributed by atoms with van der Waals surface area (Å²) >= 11 is 4.04. The molecule has 0 bridgehead atoms. The maximum atomic E-state index is 3.38. The number of thiophene rings is 1. The lowest BCUT2D eigenvalue weighted by molar-refractivity contribution is 0.226. The van der Waals surface area contributed by atoms with Crippen LogP contribution in [0.2, 0.25) is 0 Å². The van der Waals surface area contributed by atoms with Crippen LogP contribution in [0.4, 0.5) is 0 Å². The molecule has 0 radical (unpaired) electrons. The molecule has 1 N–H and O–H groups in total. The summed E-state index contributed by atoms with van der Waals surface area (Å²) in [5.74, 6) is 2.58. The van der Waals surface area contributed by atoms with E-state index >= 15 is 0 Å². The lowest BCUT2D eigenvalue weighted by Crippen LogP contribution is -2.39. The van der Waals surface area contributed by atoms with E-state index in [0.29, 0.717) is 0 Å². The van der Waals surface area contributed by atoms with Crippen LogP contribution in [0.25, 0.3) is 0 Å². The molecule has 1 aliphatic heterocycles.